The number of aliphatic imine (C=N–C) groups is 1. The highest BCUT2D eigenvalue weighted by molar-refractivity contribution is 8.00. The zero-order chi connectivity index (χ0) is 10.5. The Hall–Kier alpha value is -1.29. The first-order valence-corrected chi connectivity index (χ1v) is 5.74. The van der Waals surface area contributed by atoms with Crippen LogP contribution in [0.15, 0.2) is 39.3 Å². The van der Waals surface area contributed by atoms with Gasteiger partial charge in [0.05, 0.1) is 5.75 Å². The number of hydrogen-bond donors (Lipinski definition) is 0. The van der Waals surface area contributed by atoms with Crippen LogP contribution in [0.25, 0.3) is 0 Å². The summed E-state index contributed by atoms with van der Waals surface area (Å²) < 4.78 is 0. The molecule has 0 N–H and O–H groups in total. The Kier molecular flexibility index (Phi) is 3.40. The molecule has 0 aromatic heterocycles. The van der Waals surface area contributed by atoms with E-state index in [-0.39, 0.29) is 0 Å². The first-order chi connectivity index (χ1) is 7.34. The standard InChI is InChI=1S/C11H12N2OS/c1-9-2-4-10(5-3-9)15-8-11-12-6-7-14-13-11/h2-6H,7-8H2,1H3. The van der Waals surface area contributed by atoms with Crippen LogP contribution in [-0.4, -0.2) is 24.4 Å². The smallest absolute Gasteiger partial charge is 0.177 e. The molecule has 15 heavy (non-hydrogen) atoms. The van der Waals surface area contributed by atoms with Gasteiger partial charge >= 0.3 is 0 Å². The predicted molar refractivity (Wildman–Crippen MR) is 63.8 cm³/mol. The van der Waals surface area contributed by atoms with Crippen LogP contribution >= 0.6 is 11.8 Å². The van der Waals surface area contributed by atoms with Gasteiger partial charge < -0.3 is 4.84 Å². The van der Waals surface area contributed by atoms with E-state index in [1.165, 1.54) is 10.5 Å². The summed E-state index contributed by atoms with van der Waals surface area (Å²) in [4.78, 5) is 10.3. The lowest BCUT2D eigenvalue weighted by Gasteiger charge is -2.05. The molecule has 0 saturated heterocycles. The van der Waals surface area contributed by atoms with E-state index < -0.39 is 0 Å². The van der Waals surface area contributed by atoms with E-state index in [1.54, 1.807) is 18.0 Å². The summed E-state index contributed by atoms with van der Waals surface area (Å²) in [6, 6.07) is 8.41. The van der Waals surface area contributed by atoms with E-state index in [4.69, 9.17) is 4.84 Å². The lowest BCUT2D eigenvalue weighted by Crippen LogP contribution is -2.07. The second-order valence-electron chi connectivity index (χ2n) is 3.22. The number of rotatable bonds is 3. The zero-order valence-corrected chi connectivity index (χ0v) is 9.33. The maximum atomic E-state index is 4.91. The second-order valence-corrected chi connectivity index (χ2v) is 4.27. The van der Waals surface area contributed by atoms with Crippen LogP contribution in [-0.2, 0) is 4.84 Å². The molecule has 0 radical (unpaired) electrons. The average molecular weight is 220 g/mol. The number of nitrogens with zero attached hydrogens (tertiary/aromatic N) is 2. The third kappa shape index (κ3) is 3.09. The van der Waals surface area contributed by atoms with Crippen molar-refractivity contribution >= 4 is 23.8 Å². The fourth-order valence-corrected chi connectivity index (χ4v) is 1.91. The second kappa shape index (κ2) is 4.98. The summed E-state index contributed by atoms with van der Waals surface area (Å²) >= 11 is 1.71. The van der Waals surface area contributed by atoms with Crippen molar-refractivity contribution in [3.63, 3.8) is 0 Å². The van der Waals surface area contributed by atoms with Crippen molar-refractivity contribution < 1.29 is 4.84 Å². The Morgan fingerprint density at radius 1 is 1.33 bits per heavy atom. The minimum absolute atomic E-state index is 0.485. The van der Waals surface area contributed by atoms with Crippen LogP contribution in [0.4, 0.5) is 0 Å². The van der Waals surface area contributed by atoms with Crippen molar-refractivity contribution in [3.05, 3.63) is 29.8 Å². The Morgan fingerprint density at radius 2 is 2.13 bits per heavy atom. The lowest BCUT2D eigenvalue weighted by atomic mass is 10.2. The van der Waals surface area contributed by atoms with E-state index in [9.17, 15) is 0 Å². The molecule has 3 nitrogen and oxygen atoms in total. The number of aryl methyl sites for hydroxylation is 1. The van der Waals surface area contributed by atoms with Crippen LogP contribution in [0.3, 0.4) is 0 Å². The average Bonchev–Trinajstić information content (AvgIpc) is 2.30. The Labute approximate surface area is 93.2 Å². The van der Waals surface area contributed by atoms with Crippen LogP contribution in [0, 0.1) is 6.92 Å². The molecule has 1 aliphatic rings. The summed E-state index contributed by atoms with van der Waals surface area (Å²) in [7, 11) is 0. The number of amidine groups is 1. The molecule has 1 aromatic rings. The fraction of sp³-hybridized carbons (Fsp3) is 0.273. The molecule has 78 valence electrons. The molecule has 1 aliphatic heterocycles. The van der Waals surface area contributed by atoms with Gasteiger partial charge in [0.15, 0.2) is 12.4 Å². The molecule has 0 bridgehead atoms. The Balaban J connectivity index is 1.90. The molecule has 0 aliphatic carbocycles. The van der Waals surface area contributed by atoms with E-state index in [0.717, 1.165) is 11.6 Å². The minimum Gasteiger partial charge on any atom is -0.388 e. The van der Waals surface area contributed by atoms with Gasteiger partial charge in [0.2, 0.25) is 0 Å². The number of benzene rings is 1. The van der Waals surface area contributed by atoms with Crippen LogP contribution < -0.4 is 0 Å². The van der Waals surface area contributed by atoms with E-state index in [1.807, 2.05) is 0 Å². The molecule has 0 spiro atoms. The van der Waals surface area contributed by atoms with Gasteiger partial charge in [0.1, 0.15) is 0 Å². The molecule has 1 heterocycles. The SMILES string of the molecule is Cc1ccc(SCC2=NOCC=N2)cc1. The molecule has 2 rings (SSSR count). The van der Waals surface area contributed by atoms with E-state index in [2.05, 4.69) is 41.3 Å². The quantitative estimate of drug-likeness (QED) is 0.733. The molecule has 0 atom stereocenters. The number of hydrogen-bond acceptors (Lipinski definition) is 4. The van der Waals surface area contributed by atoms with Crippen molar-refractivity contribution in [3.8, 4) is 0 Å². The molecule has 4 heteroatoms. The number of oxime groups is 1. The summed E-state index contributed by atoms with van der Waals surface area (Å²) in [5.74, 6) is 1.49. The van der Waals surface area contributed by atoms with Gasteiger partial charge in [-0.15, -0.1) is 11.8 Å². The molecule has 0 saturated carbocycles. The molecule has 0 amide bonds. The Bertz CT molecular complexity index is 384. The summed E-state index contributed by atoms with van der Waals surface area (Å²) in [6.07, 6.45) is 1.73. The monoisotopic (exact) mass is 220 g/mol. The van der Waals surface area contributed by atoms with Gasteiger partial charge in [-0.25, -0.2) is 4.99 Å². The zero-order valence-electron chi connectivity index (χ0n) is 8.51. The molecule has 1 aromatic carbocycles. The topological polar surface area (TPSA) is 34.0 Å². The van der Waals surface area contributed by atoms with Crippen molar-refractivity contribution in [2.45, 2.75) is 11.8 Å². The molecule has 0 fully saturated rings. The minimum atomic E-state index is 0.485. The van der Waals surface area contributed by atoms with Gasteiger partial charge in [-0.2, -0.15) is 0 Å². The van der Waals surface area contributed by atoms with Gasteiger partial charge in [0, 0.05) is 11.1 Å². The van der Waals surface area contributed by atoms with Crippen LogP contribution in [0.2, 0.25) is 0 Å². The summed E-state index contributed by atoms with van der Waals surface area (Å²) in [6.45, 7) is 2.57. The Morgan fingerprint density at radius 3 is 2.80 bits per heavy atom. The molecule has 0 unspecified atom stereocenters. The first kappa shape index (κ1) is 10.2. The third-order valence-corrected chi connectivity index (χ3v) is 2.96. The van der Waals surface area contributed by atoms with Crippen LogP contribution in [0.5, 0.6) is 0 Å². The van der Waals surface area contributed by atoms with Gasteiger partial charge in [-0.1, -0.05) is 22.9 Å². The van der Waals surface area contributed by atoms with Crippen LogP contribution in [0.1, 0.15) is 5.56 Å². The third-order valence-electron chi connectivity index (χ3n) is 1.95. The van der Waals surface area contributed by atoms with Gasteiger partial charge in [-0.3, -0.25) is 0 Å². The largest absolute Gasteiger partial charge is 0.388 e. The highest BCUT2D eigenvalue weighted by Gasteiger charge is 2.02. The highest BCUT2D eigenvalue weighted by atomic mass is 32.2. The summed E-state index contributed by atoms with van der Waals surface area (Å²) in [5.41, 5.74) is 1.27. The van der Waals surface area contributed by atoms with Crippen molar-refractivity contribution in [2.24, 2.45) is 10.1 Å². The van der Waals surface area contributed by atoms with Crippen molar-refractivity contribution in [2.75, 3.05) is 12.4 Å². The first-order valence-electron chi connectivity index (χ1n) is 4.75. The highest BCUT2D eigenvalue weighted by Crippen LogP contribution is 2.18. The molecular formula is C11H12N2OS. The van der Waals surface area contributed by atoms with Gasteiger partial charge in [0.25, 0.3) is 0 Å². The van der Waals surface area contributed by atoms with Crippen molar-refractivity contribution in [1.29, 1.82) is 0 Å². The van der Waals surface area contributed by atoms with Crippen molar-refractivity contribution in [1.82, 2.24) is 0 Å². The van der Waals surface area contributed by atoms with E-state index in [0.29, 0.717) is 6.61 Å². The summed E-state index contributed by atoms with van der Waals surface area (Å²) in [5, 5.41) is 3.86. The predicted octanol–water partition coefficient (Wildman–Crippen LogP) is 2.50. The molecular weight excluding hydrogens is 208 g/mol. The normalized spacial score (nSPS) is 14.6. The lowest BCUT2D eigenvalue weighted by molar-refractivity contribution is 0.183. The fourth-order valence-electron chi connectivity index (χ4n) is 1.16. The maximum Gasteiger partial charge on any atom is 0.177 e. The van der Waals surface area contributed by atoms with Gasteiger partial charge in [-0.05, 0) is 19.1 Å². The van der Waals surface area contributed by atoms with E-state index >= 15 is 0 Å². The number of thioether (sulfide) groups is 1. The maximum absolute atomic E-state index is 4.91.